The molecule has 0 bridgehead atoms. The number of aryl methyl sites for hydroxylation is 1. The van der Waals surface area contributed by atoms with Crippen molar-refractivity contribution in [3.8, 4) is 5.75 Å². The van der Waals surface area contributed by atoms with E-state index < -0.39 is 0 Å². The summed E-state index contributed by atoms with van der Waals surface area (Å²) in [5.74, 6) is 0.722. The predicted octanol–water partition coefficient (Wildman–Crippen LogP) is 4.05. The Hall–Kier alpha value is -2.42. The van der Waals surface area contributed by atoms with Crippen LogP contribution in [0.15, 0.2) is 59.6 Å². The second-order valence-electron chi connectivity index (χ2n) is 4.44. The van der Waals surface area contributed by atoms with Crippen molar-refractivity contribution in [2.45, 2.75) is 12.8 Å². The van der Waals surface area contributed by atoms with Crippen LogP contribution in [-0.4, -0.2) is 19.0 Å². The SMILES string of the molecule is COc1ccccc1N=CC(=N)CCc1ccccc1. The Balaban J connectivity index is 1.92. The summed E-state index contributed by atoms with van der Waals surface area (Å²) >= 11 is 0. The molecule has 2 rings (SSSR count). The molecule has 2 aromatic rings. The number of rotatable bonds is 6. The topological polar surface area (TPSA) is 45.4 Å². The van der Waals surface area contributed by atoms with Crippen LogP contribution in [0.1, 0.15) is 12.0 Å². The molecular weight excluding hydrogens is 248 g/mol. The van der Waals surface area contributed by atoms with Gasteiger partial charge in [-0.2, -0.15) is 0 Å². The fourth-order valence-corrected chi connectivity index (χ4v) is 1.87. The van der Waals surface area contributed by atoms with Gasteiger partial charge in [0.25, 0.3) is 0 Å². The van der Waals surface area contributed by atoms with Crippen LogP contribution in [0.4, 0.5) is 5.69 Å². The van der Waals surface area contributed by atoms with Crippen molar-refractivity contribution in [3.63, 3.8) is 0 Å². The van der Waals surface area contributed by atoms with Crippen molar-refractivity contribution >= 4 is 17.6 Å². The molecule has 1 N–H and O–H groups in total. The van der Waals surface area contributed by atoms with Gasteiger partial charge in [-0.3, -0.25) is 4.99 Å². The van der Waals surface area contributed by atoms with Crippen LogP contribution in [0.25, 0.3) is 0 Å². The van der Waals surface area contributed by atoms with Crippen LogP contribution in [-0.2, 0) is 6.42 Å². The van der Waals surface area contributed by atoms with Gasteiger partial charge in [0.1, 0.15) is 11.4 Å². The number of para-hydroxylation sites is 2. The summed E-state index contributed by atoms with van der Waals surface area (Å²) < 4.78 is 5.22. The van der Waals surface area contributed by atoms with E-state index in [1.165, 1.54) is 5.56 Å². The van der Waals surface area contributed by atoms with Crippen LogP contribution in [0, 0.1) is 5.41 Å². The molecule has 0 heterocycles. The van der Waals surface area contributed by atoms with E-state index >= 15 is 0 Å². The molecule has 0 amide bonds. The molecular formula is C17H18N2O. The molecule has 0 spiro atoms. The van der Waals surface area contributed by atoms with E-state index in [1.807, 2.05) is 42.5 Å². The monoisotopic (exact) mass is 266 g/mol. The molecule has 0 saturated carbocycles. The molecule has 0 aliphatic rings. The third kappa shape index (κ3) is 4.05. The second kappa shape index (κ2) is 7.24. The quantitative estimate of drug-likeness (QED) is 0.788. The molecule has 0 fully saturated rings. The molecule has 0 radical (unpaired) electrons. The Morgan fingerprint density at radius 3 is 2.55 bits per heavy atom. The normalized spacial score (nSPS) is 10.7. The van der Waals surface area contributed by atoms with Crippen LogP contribution in [0.2, 0.25) is 0 Å². The average Bonchev–Trinajstić information content (AvgIpc) is 2.52. The summed E-state index contributed by atoms with van der Waals surface area (Å²) in [6.45, 7) is 0. The Morgan fingerprint density at radius 2 is 1.80 bits per heavy atom. The number of hydrogen-bond donors (Lipinski definition) is 1. The third-order valence-electron chi connectivity index (χ3n) is 2.97. The molecule has 0 atom stereocenters. The Kier molecular flexibility index (Phi) is 5.07. The van der Waals surface area contributed by atoms with E-state index in [1.54, 1.807) is 13.3 Å². The molecule has 3 nitrogen and oxygen atoms in total. The van der Waals surface area contributed by atoms with Crippen molar-refractivity contribution in [2.75, 3.05) is 7.11 Å². The van der Waals surface area contributed by atoms with Gasteiger partial charge in [-0.25, -0.2) is 0 Å². The lowest BCUT2D eigenvalue weighted by atomic mass is 10.1. The van der Waals surface area contributed by atoms with Crippen LogP contribution in [0.3, 0.4) is 0 Å². The smallest absolute Gasteiger partial charge is 0.144 e. The number of methoxy groups -OCH3 is 1. The van der Waals surface area contributed by atoms with Gasteiger partial charge in [0.15, 0.2) is 0 Å². The number of aliphatic imine (C=N–C) groups is 1. The molecule has 0 saturated heterocycles. The van der Waals surface area contributed by atoms with Crippen LogP contribution in [0.5, 0.6) is 5.75 Å². The maximum Gasteiger partial charge on any atom is 0.144 e. The number of nitrogens with zero attached hydrogens (tertiary/aromatic N) is 1. The van der Waals surface area contributed by atoms with Gasteiger partial charge in [-0.15, -0.1) is 0 Å². The summed E-state index contributed by atoms with van der Waals surface area (Å²) in [4.78, 5) is 4.31. The molecule has 0 unspecified atom stereocenters. The molecule has 0 aromatic heterocycles. The van der Waals surface area contributed by atoms with Gasteiger partial charge in [-0.1, -0.05) is 42.5 Å². The summed E-state index contributed by atoms with van der Waals surface area (Å²) in [6.07, 6.45) is 3.14. The first-order valence-electron chi connectivity index (χ1n) is 6.58. The number of nitrogens with one attached hydrogen (secondary N) is 1. The van der Waals surface area contributed by atoms with Gasteiger partial charge >= 0.3 is 0 Å². The summed E-state index contributed by atoms with van der Waals surface area (Å²) in [7, 11) is 1.62. The fraction of sp³-hybridized carbons (Fsp3) is 0.176. The first-order valence-corrected chi connectivity index (χ1v) is 6.58. The standard InChI is InChI=1S/C17H18N2O/c1-20-17-10-6-5-9-16(17)19-13-15(18)12-11-14-7-3-2-4-8-14/h2-10,13,18H,11-12H2,1H3. The van der Waals surface area contributed by atoms with Gasteiger partial charge in [0, 0.05) is 11.9 Å². The zero-order valence-corrected chi connectivity index (χ0v) is 11.5. The van der Waals surface area contributed by atoms with Crippen molar-refractivity contribution in [2.24, 2.45) is 4.99 Å². The first kappa shape index (κ1) is 14.0. The number of benzene rings is 2. The minimum atomic E-state index is 0.514. The summed E-state index contributed by atoms with van der Waals surface area (Å²) in [6, 6.07) is 17.7. The molecule has 102 valence electrons. The zero-order valence-electron chi connectivity index (χ0n) is 11.5. The largest absolute Gasteiger partial charge is 0.494 e. The van der Waals surface area contributed by atoms with Gasteiger partial charge < -0.3 is 10.1 Å². The minimum Gasteiger partial charge on any atom is -0.494 e. The lowest BCUT2D eigenvalue weighted by Crippen LogP contribution is -2.00. The van der Waals surface area contributed by atoms with E-state index in [0.717, 1.165) is 17.9 Å². The average molecular weight is 266 g/mol. The summed E-state index contributed by atoms with van der Waals surface area (Å²) in [5, 5.41) is 7.92. The van der Waals surface area contributed by atoms with Gasteiger partial charge in [0.2, 0.25) is 0 Å². The second-order valence-corrected chi connectivity index (χ2v) is 4.44. The molecule has 0 aliphatic carbocycles. The predicted molar refractivity (Wildman–Crippen MR) is 83.6 cm³/mol. The van der Waals surface area contributed by atoms with Crippen molar-refractivity contribution in [1.29, 1.82) is 5.41 Å². The van der Waals surface area contributed by atoms with Crippen molar-refractivity contribution < 1.29 is 4.74 Å². The Labute approximate surface area is 119 Å². The molecule has 3 heteroatoms. The third-order valence-corrected chi connectivity index (χ3v) is 2.97. The molecule has 2 aromatic carbocycles. The minimum absolute atomic E-state index is 0.514. The first-order chi connectivity index (χ1) is 9.79. The highest BCUT2D eigenvalue weighted by molar-refractivity contribution is 6.29. The van der Waals surface area contributed by atoms with E-state index in [-0.39, 0.29) is 0 Å². The lowest BCUT2D eigenvalue weighted by Gasteiger charge is -2.03. The lowest BCUT2D eigenvalue weighted by molar-refractivity contribution is 0.416. The van der Waals surface area contributed by atoms with E-state index in [4.69, 9.17) is 10.1 Å². The van der Waals surface area contributed by atoms with Gasteiger partial charge in [0.05, 0.1) is 7.11 Å². The fourth-order valence-electron chi connectivity index (χ4n) is 1.87. The molecule has 0 aliphatic heterocycles. The maximum atomic E-state index is 7.92. The zero-order chi connectivity index (χ0) is 14.2. The summed E-state index contributed by atoms with van der Waals surface area (Å²) in [5.41, 5.74) is 2.50. The Bertz CT molecular complexity index is 591. The van der Waals surface area contributed by atoms with E-state index in [2.05, 4.69) is 17.1 Å². The van der Waals surface area contributed by atoms with Crippen LogP contribution >= 0.6 is 0 Å². The Morgan fingerprint density at radius 1 is 1.10 bits per heavy atom. The van der Waals surface area contributed by atoms with E-state index in [0.29, 0.717) is 12.1 Å². The van der Waals surface area contributed by atoms with Gasteiger partial charge in [-0.05, 0) is 30.5 Å². The highest BCUT2D eigenvalue weighted by Gasteiger charge is 1.99. The van der Waals surface area contributed by atoms with E-state index in [9.17, 15) is 0 Å². The van der Waals surface area contributed by atoms with Crippen molar-refractivity contribution in [1.82, 2.24) is 0 Å². The maximum absolute atomic E-state index is 7.92. The molecule has 20 heavy (non-hydrogen) atoms. The highest BCUT2D eigenvalue weighted by atomic mass is 16.5. The van der Waals surface area contributed by atoms with Crippen LogP contribution < -0.4 is 4.74 Å². The highest BCUT2D eigenvalue weighted by Crippen LogP contribution is 2.25. The number of ether oxygens (including phenoxy) is 1. The van der Waals surface area contributed by atoms with Crippen molar-refractivity contribution in [3.05, 3.63) is 60.2 Å². The number of hydrogen-bond acceptors (Lipinski definition) is 3.